The van der Waals surface area contributed by atoms with Crippen molar-refractivity contribution in [3.05, 3.63) is 0 Å². The first-order valence-electron chi connectivity index (χ1n) is 7.50. The van der Waals surface area contributed by atoms with Gasteiger partial charge in [0.1, 0.15) is 0 Å². The van der Waals surface area contributed by atoms with Gasteiger partial charge in [0.05, 0.1) is 12.7 Å². The van der Waals surface area contributed by atoms with Crippen LogP contribution in [0.4, 0.5) is 0 Å². The molecule has 0 aromatic heterocycles. The van der Waals surface area contributed by atoms with Crippen molar-refractivity contribution in [3.8, 4) is 0 Å². The lowest BCUT2D eigenvalue weighted by molar-refractivity contribution is -0.122. The Morgan fingerprint density at radius 3 is 2.32 bits per heavy atom. The van der Waals surface area contributed by atoms with Crippen molar-refractivity contribution < 1.29 is 9.53 Å². The molecule has 0 heterocycles. The fourth-order valence-electron chi connectivity index (χ4n) is 1.95. The summed E-state index contributed by atoms with van der Waals surface area (Å²) >= 11 is 0. The van der Waals surface area contributed by atoms with Crippen LogP contribution in [0.1, 0.15) is 60.3 Å². The summed E-state index contributed by atoms with van der Waals surface area (Å²) in [5, 5.41) is 2.90. The molecule has 1 unspecified atom stereocenters. The second-order valence-electron chi connectivity index (χ2n) is 5.91. The summed E-state index contributed by atoms with van der Waals surface area (Å²) in [4.78, 5) is 11.7. The quantitative estimate of drug-likeness (QED) is 0.642. The van der Waals surface area contributed by atoms with Gasteiger partial charge in [0.2, 0.25) is 5.91 Å². The smallest absolute Gasteiger partial charge is 0.222 e. The van der Waals surface area contributed by atoms with Gasteiger partial charge in [-0.1, -0.05) is 27.7 Å². The van der Waals surface area contributed by atoms with Crippen LogP contribution in [0.2, 0.25) is 0 Å². The summed E-state index contributed by atoms with van der Waals surface area (Å²) in [7, 11) is 0. The summed E-state index contributed by atoms with van der Waals surface area (Å²) in [5.41, 5.74) is 5.85. The molecule has 0 fully saturated rings. The molecule has 0 saturated carbocycles. The van der Waals surface area contributed by atoms with E-state index in [1.165, 1.54) is 0 Å². The third-order valence-electron chi connectivity index (χ3n) is 3.58. The van der Waals surface area contributed by atoms with Gasteiger partial charge in [0.25, 0.3) is 0 Å². The number of nitrogens with two attached hydrogens (primary N) is 1. The van der Waals surface area contributed by atoms with Gasteiger partial charge in [-0.2, -0.15) is 0 Å². The van der Waals surface area contributed by atoms with E-state index < -0.39 is 0 Å². The molecule has 4 nitrogen and oxygen atoms in total. The number of hydrogen-bond acceptors (Lipinski definition) is 3. The van der Waals surface area contributed by atoms with Gasteiger partial charge in [-0.25, -0.2) is 0 Å². The van der Waals surface area contributed by atoms with E-state index in [0.717, 1.165) is 19.3 Å². The van der Waals surface area contributed by atoms with E-state index in [1.54, 1.807) is 0 Å². The van der Waals surface area contributed by atoms with Crippen LogP contribution in [0.15, 0.2) is 0 Å². The highest BCUT2D eigenvalue weighted by atomic mass is 16.5. The maximum atomic E-state index is 11.7. The Kier molecular flexibility index (Phi) is 9.02. The van der Waals surface area contributed by atoms with Crippen molar-refractivity contribution in [3.63, 3.8) is 0 Å². The fourth-order valence-corrected chi connectivity index (χ4v) is 1.95. The van der Waals surface area contributed by atoms with Crippen LogP contribution in [0.5, 0.6) is 0 Å². The highest BCUT2D eigenvalue weighted by molar-refractivity contribution is 5.76. The van der Waals surface area contributed by atoms with Crippen LogP contribution in [-0.2, 0) is 9.53 Å². The number of nitrogens with one attached hydrogen (secondary N) is 1. The lowest BCUT2D eigenvalue weighted by Crippen LogP contribution is -2.49. The molecule has 3 N–H and O–H groups in total. The molecule has 4 heteroatoms. The largest absolute Gasteiger partial charge is 0.378 e. The summed E-state index contributed by atoms with van der Waals surface area (Å²) in [6.07, 6.45) is 3.38. The van der Waals surface area contributed by atoms with E-state index in [1.807, 2.05) is 13.8 Å². The first-order chi connectivity index (χ1) is 8.83. The molecule has 0 aliphatic heterocycles. The Morgan fingerprint density at radius 2 is 1.84 bits per heavy atom. The monoisotopic (exact) mass is 272 g/mol. The van der Waals surface area contributed by atoms with E-state index in [9.17, 15) is 4.79 Å². The first kappa shape index (κ1) is 18.4. The molecule has 0 aromatic carbocycles. The number of carbonyl (C=O) groups is 1. The normalized spacial score (nSPS) is 13.6. The molecule has 0 spiro atoms. The van der Waals surface area contributed by atoms with Gasteiger partial charge in [-0.15, -0.1) is 0 Å². The Labute approximate surface area is 118 Å². The minimum atomic E-state index is -0.276. The summed E-state index contributed by atoms with van der Waals surface area (Å²) in [6, 6.07) is 0. The Morgan fingerprint density at radius 1 is 1.26 bits per heavy atom. The molecule has 0 bridgehead atoms. The molecule has 0 aliphatic rings. The number of amides is 1. The molecule has 19 heavy (non-hydrogen) atoms. The predicted molar refractivity (Wildman–Crippen MR) is 80.0 cm³/mol. The fraction of sp³-hybridized carbons (Fsp3) is 0.933. The third-order valence-corrected chi connectivity index (χ3v) is 3.58. The van der Waals surface area contributed by atoms with E-state index in [4.69, 9.17) is 10.5 Å². The SMILES string of the molecule is CCC(N)(CC)CNC(=O)CCOC(C)CC(C)C. The Bertz CT molecular complexity index is 251. The van der Waals surface area contributed by atoms with Crippen LogP contribution in [0.25, 0.3) is 0 Å². The number of ether oxygens (including phenoxy) is 1. The van der Waals surface area contributed by atoms with Gasteiger partial charge in [0.15, 0.2) is 0 Å². The maximum Gasteiger partial charge on any atom is 0.222 e. The van der Waals surface area contributed by atoms with E-state index >= 15 is 0 Å². The molecular formula is C15H32N2O2. The number of rotatable bonds is 10. The van der Waals surface area contributed by atoms with Crippen molar-refractivity contribution in [2.24, 2.45) is 11.7 Å². The minimum Gasteiger partial charge on any atom is -0.378 e. The van der Waals surface area contributed by atoms with Crippen molar-refractivity contribution >= 4 is 5.91 Å². The zero-order chi connectivity index (χ0) is 14.9. The molecule has 0 rings (SSSR count). The lowest BCUT2D eigenvalue weighted by atomic mass is 9.94. The van der Waals surface area contributed by atoms with Gasteiger partial charge in [0, 0.05) is 18.5 Å². The van der Waals surface area contributed by atoms with Crippen molar-refractivity contribution in [1.29, 1.82) is 0 Å². The molecule has 1 atom stereocenters. The number of carbonyl (C=O) groups excluding carboxylic acids is 1. The van der Waals surface area contributed by atoms with Crippen LogP contribution in [0.3, 0.4) is 0 Å². The molecule has 114 valence electrons. The third kappa shape index (κ3) is 9.00. The minimum absolute atomic E-state index is 0.0217. The number of hydrogen-bond donors (Lipinski definition) is 2. The van der Waals surface area contributed by atoms with Crippen LogP contribution in [-0.4, -0.2) is 30.7 Å². The van der Waals surface area contributed by atoms with Crippen molar-refractivity contribution in [2.45, 2.75) is 71.9 Å². The van der Waals surface area contributed by atoms with Crippen molar-refractivity contribution in [2.75, 3.05) is 13.2 Å². The van der Waals surface area contributed by atoms with Crippen molar-refractivity contribution in [1.82, 2.24) is 5.32 Å². The van der Waals surface area contributed by atoms with E-state index in [2.05, 4.69) is 26.1 Å². The zero-order valence-electron chi connectivity index (χ0n) is 13.3. The summed E-state index contributed by atoms with van der Waals surface area (Å²) in [6.45, 7) is 11.5. The molecule has 0 saturated heterocycles. The molecular weight excluding hydrogens is 240 g/mol. The average molecular weight is 272 g/mol. The molecule has 0 radical (unpaired) electrons. The van der Waals surface area contributed by atoms with Gasteiger partial charge < -0.3 is 15.8 Å². The average Bonchev–Trinajstić information content (AvgIpc) is 2.35. The van der Waals surface area contributed by atoms with Gasteiger partial charge in [-0.3, -0.25) is 4.79 Å². The highest BCUT2D eigenvalue weighted by Crippen LogP contribution is 2.10. The Balaban J connectivity index is 3.76. The molecule has 0 aromatic rings. The second kappa shape index (κ2) is 9.32. The second-order valence-corrected chi connectivity index (χ2v) is 5.91. The van der Waals surface area contributed by atoms with Gasteiger partial charge >= 0.3 is 0 Å². The highest BCUT2D eigenvalue weighted by Gasteiger charge is 2.20. The van der Waals surface area contributed by atoms with Crippen LogP contribution >= 0.6 is 0 Å². The van der Waals surface area contributed by atoms with Gasteiger partial charge in [-0.05, 0) is 32.1 Å². The van der Waals surface area contributed by atoms with Crippen LogP contribution in [0, 0.1) is 5.92 Å². The lowest BCUT2D eigenvalue weighted by Gasteiger charge is -2.26. The van der Waals surface area contributed by atoms with E-state index in [-0.39, 0.29) is 17.6 Å². The Hall–Kier alpha value is -0.610. The zero-order valence-corrected chi connectivity index (χ0v) is 13.3. The first-order valence-corrected chi connectivity index (χ1v) is 7.50. The van der Waals surface area contributed by atoms with Crippen LogP contribution < -0.4 is 11.1 Å². The summed E-state index contributed by atoms with van der Waals surface area (Å²) in [5.74, 6) is 0.643. The standard InChI is InChI=1S/C15H32N2O2/c1-6-15(16,7-2)11-17-14(18)8-9-19-13(5)10-12(3)4/h12-13H,6-11,16H2,1-5H3,(H,17,18). The topological polar surface area (TPSA) is 64.3 Å². The maximum absolute atomic E-state index is 11.7. The molecule has 1 amide bonds. The predicted octanol–water partition coefficient (Wildman–Crippen LogP) is 2.46. The molecule has 0 aliphatic carbocycles. The van der Waals surface area contributed by atoms with E-state index in [0.29, 0.717) is 25.5 Å². The summed E-state index contributed by atoms with van der Waals surface area (Å²) < 4.78 is 5.62.